The van der Waals surface area contributed by atoms with Crippen molar-refractivity contribution >= 4 is 40.8 Å². The van der Waals surface area contributed by atoms with Gasteiger partial charge in [0, 0.05) is 48.2 Å². The van der Waals surface area contributed by atoms with Gasteiger partial charge in [-0.25, -0.2) is 0 Å². The minimum absolute atomic E-state index is 0.133. The number of aromatic hydroxyl groups is 1. The number of carbonyl (C=O) groups excluding carboxylic acids is 2. The van der Waals surface area contributed by atoms with E-state index in [0.717, 1.165) is 22.4 Å². The third kappa shape index (κ3) is 11.9. The molecule has 0 aliphatic carbocycles. The summed E-state index contributed by atoms with van der Waals surface area (Å²) in [6.07, 6.45) is 0. The zero-order valence-electron chi connectivity index (χ0n) is 30.2. The van der Waals surface area contributed by atoms with E-state index in [1.54, 1.807) is 54.6 Å². The van der Waals surface area contributed by atoms with E-state index in [-0.39, 0.29) is 17.6 Å². The highest BCUT2D eigenvalue weighted by atomic mass is 16.5. The Hall–Kier alpha value is -6.76. The van der Waals surface area contributed by atoms with Crippen LogP contribution in [0.4, 0.5) is 29.0 Å². The highest BCUT2D eigenvalue weighted by Crippen LogP contribution is 2.25. The lowest BCUT2D eigenvalue weighted by Gasteiger charge is -2.13. The predicted octanol–water partition coefficient (Wildman–Crippen LogP) is 7.14. The molecule has 5 aromatic carbocycles. The van der Waals surface area contributed by atoms with Crippen molar-refractivity contribution in [2.24, 2.45) is 0 Å². The molecule has 0 bridgehead atoms. The maximum atomic E-state index is 13.1. The second-order valence-corrected chi connectivity index (χ2v) is 12.3. The quantitative estimate of drug-likeness (QED) is 0.0373. The van der Waals surface area contributed by atoms with Crippen molar-refractivity contribution in [3.8, 4) is 16.9 Å². The van der Waals surface area contributed by atoms with Crippen molar-refractivity contribution in [3.63, 3.8) is 0 Å². The topological polar surface area (TPSA) is 159 Å². The molecule has 0 aliphatic rings. The number of phenolic OH excluding ortho intramolecular Hbond substituents is 1. The molecule has 0 aliphatic heterocycles. The summed E-state index contributed by atoms with van der Waals surface area (Å²) in [7, 11) is 0. The number of rotatable bonds is 19. The number of phenols is 1. The maximum Gasteiger partial charge on any atom is 0.251 e. The number of benzene rings is 5. The van der Waals surface area contributed by atoms with Crippen LogP contribution in [-0.4, -0.2) is 66.4 Å². The standard InChI is InChI=1S/C43H43N7O5/c51-37-21-19-36(20-22-37)48-43-49-39(44-23-25-54-27-28-55-26-24-45-41(52)32-11-5-2-6-12-32)29-40(50-43)47-35-17-15-33(16-18-35)42(53)46-30-34-13-7-8-14-38(34)31-9-3-1-4-10-31/h1-22,29,51H,23-28,30H2,(H,45,52)(H,46,53)(H3,44,47,48,49,50). The lowest BCUT2D eigenvalue weighted by Crippen LogP contribution is -2.27. The highest BCUT2D eigenvalue weighted by Gasteiger charge is 2.11. The van der Waals surface area contributed by atoms with E-state index < -0.39 is 0 Å². The monoisotopic (exact) mass is 737 g/mol. The minimum Gasteiger partial charge on any atom is -0.508 e. The van der Waals surface area contributed by atoms with Crippen molar-refractivity contribution in [3.05, 3.63) is 156 Å². The molecular weight excluding hydrogens is 695 g/mol. The third-order valence-electron chi connectivity index (χ3n) is 8.30. The van der Waals surface area contributed by atoms with Crippen LogP contribution in [0.25, 0.3) is 11.1 Å². The Labute approximate surface area is 320 Å². The third-order valence-corrected chi connectivity index (χ3v) is 8.30. The van der Waals surface area contributed by atoms with E-state index >= 15 is 0 Å². The average molecular weight is 738 g/mol. The van der Waals surface area contributed by atoms with Gasteiger partial charge in [0.1, 0.15) is 17.4 Å². The van der Waals surface area contributed by atoms with Gasteiger partial charge in [0.25, 0.3) is 11.8 Å². The van der Waals surface area contributed by atoms with E-state index in [1.165, 1.54) is 0 Å². The average Bonchev–Trinajstić information content (AvgIpc) is 3.22. The molecule has 6 rings (SSSR count). The number of hydrogen-bond acceptors (Lipinski definition) is 10. The van der Waals surface area contributed by atoms with E-state index in [1.807, 2.05) is 66.7 Å². The van der Waals surface area contributed by atoms with Gasteiger partial charge in [-0.1, -0.05) is 72.8 Å². The number of amides is 2. The summed E-state index contributed by atoms with van der Waals surface area (Å²) in [5.41, 5.74) is 5.78. The molecule has 12 heteroatoms. The first-order valence-electron chi connectivity index (χ1n) is 18.0. The second kappa shape index (κ2) is 19.9. The van der Waals surface area contributed by atoms with Gasteiger partial charge < -0.3 is 41.2 Å². The molecule has 0 spiro atoms. The number of anilines is 5. The fraction of sp³-hybridized carbons (Fsp3) is 0.163. The normalized spacial score (nSPS) is 10.7. The van der Waals surface area contributed by atoms with Gasteiger partial charge in [-0.05, 0) is 77.4 Å². The van der Waals surface area contributed by atoms with Gasteiger partial charge in [0.2, 0.25) is 5.95 Å². The van der Waals surface area contributed by atoms with Crippen LogP contribution in [0.5, 0.6) is 5.75 Å². The van der Waals surface area contributed by atoms with Gasteiger partial charge in [-0.15, -0.1) is 0 Å². The Kier molecular flexibility index (Phi) is 13.7. The molecule has 0 unspecified atom stereocenters. The first kappa shape index (κ1) is 38.0. The molecule has 0 saturated heterocycles. The summed E-state index contributed by atoms with van der Waals surface area (Å²) in [5, 5.41) is 25.3. The highest BCUT2D eigenvalue weighted by molar-refractivity contribution is 5.95. The van der Waals surface area contributed by atoms with Gasteiger partial charge >= 0.3 is 0 Å². The first-order chi connectivity index (χ1) is 27.0. The molecule has 55 heavy (non-hydrogen) atoms. The molecule has 1 heterocycles. The van der Waals surface area contributed by atoms with Crippen LogP contribution < -0.4 is 26.6 Å². The van der Waals surface area contributed by atoms with Crippen molar-refractivity contribution in [2.45, 2.75) is 6.54 Å². The van der Waals surface area contributed by atoms with Crippen LogP contribution in [0.2, 0.25) is 0 Å². The summed E-state index contributed by atoms with van der Waals surface area (Å²) < 4.78 is 11.3. The zero-order chi connectivity index (χ0) is 38.1. The Morgan fingerprint density at radius 1 is 0.564 bits per heavy atom. The van der Waals surface area contributed by atoms with Gasteiger partial charge in [0.15, 0.2) is 0 Å². The van der Waals surface area contributed by atoms with Crippen LogP contribution in [0.15, 0.2) is 140 Å². The molecule has 1 aromatic heterocycles. The van der Waals surface area contributed by atoms with Gasteiger partial charge in [-0.3, -0.25) is 9.59 Å². The molecule has 12 nitrogen and oxygen atoms in total. The minimum atomic E-state index is -0.176. The largest absolute Gasteiger partial charge is 0.508 e. The van der Waals surface area contributed by atoms with Crippen LogP contribution in [0, 0.1) is 0 Å². The number of carbonyl (C=O) groups is 2. The Balaban J connectivity index is 0.990. The summed E-state index contributed by atoms with van der Waals surface area (Å²) in [6, 6.07) is 42.7. The van der Waals surface area contributed by atoms with Crippen molar-refractivity contribution in [2.75, 3.05) is 55.5 Å². The lowest BCUT2D eigenvalue weighted by molar-refractivity contribution is 0.0519. The smallest absolute Gasteiger partial charge is 0.251 e. The molecule has 6 aromatic rings. The number of nitrogens with zero attached hydrogens (tertiary/aromatic N) is 2. The lowest BCUT2D eigenvalue weighted by atomic mass is 10.00. The molecule has 0 radical (unpaired) electrons. The molecule has 280 valence electrons. The fourth-order valence-electron chi connectivity index (χ4n) is 5.54. The Morgan fingerprint density at radius 3 is 1.89 bits per heavy atom. The van der Waals surface area contributed by atoms with Crippen LogP contribution in [-0.2, 0) is 16.0 Å². The van der Waals surface area contributed by atoms with Crippen molar-refractivity contribution in [1.29, 1.82) is 0 Å². The van der Waals surface area contributed by atoms with E-state index in [2.05, 4.69) is 54.8 Å². The summed E-state index contributed by atoms with van der Waals surface area (Å²) >= 11 is 0. The second-order valence-electron chi connectivity index (χ2n) is 12.3. The number of hydrogen-bond donors (Lipinski definition) is 6. The Morgan fingerprint density at radius 2 is 1.15 bits per heavy atom. The van der Waals surface area contributed by atoms with Crippen LogP contribution >= 0.6 is 0 Å². The zero-order valence-corrected chi connectivity index (χ0v) is 30.2. The first-order valence-corrected chi connectivity index (χ1v) is 18.0. The molecule has 2 amide bonds. The molecular formula is C43H43N7O5. The van der Waals surface area contributed by atoms with Gasteiger partial charge in [0.05, 0.1) is 26.4 Å². The molecule has 6 N–H and O–H groups in total. The van der Waals surface area contributed by atoms with E-state index in [4.69, 9.17) is 9.47 Å². The Bertz CT molecular complexity index is 2120. The molecule has 0 fully saturated rings. The van der Waals surface area contributed by atoms with Crippen molar-refractivity contribution in [1.82, 2.24) is 20.6 Å². The molecule has 0 atom stereocenters. The van der Waals surface area contributed by atoms with E-state index in [0.29, 0.717) is 80.5 Å². The van der Waals surface area contributed by atoms with E-state index in [9.17, 15) is 14.7 Å². The molecule has 0 saturated carbocycles. The SMILES string of the molecule is O=C(NCCOCCOCCNc1cc(Nc2ccc(C(=O)NCc3ccccc3-c3ccccc3)cc2)nc(Nc2ccc(O)cc2)n1)c1ccccc1. The maximum absolute atomic E-state index is 13.1. The van der Waals surface area contributed by atoms with Gasteiger partial charge in [-0.2, -0.15) is 9.97 Å². The fourth-order valence-corrected chi connectivity index (χ4v) is 5.54. The summed E-state index contributed by atoms with van der Waals surface area (Å²) in [5.74, 6) is 1.25. The van der Waals surface area contributed by atoms with Crippen molar-refractivity contribution < 1.29 is 24.2 Å². The number of ether oxygens (including phenoxy) is 2. The van der Waals surface area contributed by atoms with Crippen LogP contribution in [0.3, 0.4) is 0 Å². The van der Waals surface area contributed by atoms with Crippen LogP contribution in [0.1, 0.15) is 26.3 Å². The number of aromatic nitrogens is 2. The summed E-state index contributed by atoms with van der Waals surface area (Å²) in [4.78, 5) is 34.4. The predicted molar refractivity (Wildman–Crippen MR) is 215 cm³/mol. The summed E-state index contributed by atoms with van der Waals surface area (Å²) in [6.45, 7) is 2.86. The number of nitrogens with one attached hydrogen (secondary N) is 5.